The molecule has 0 bridgehead atoms. The van der Waals surface area contributed by atoms with Crippen LogP contribution in [-0.2, 0) is 14.9 Å². The number of carbonyl (C=O) groups excluding carboxylic acids is 3. The molecule has 2 amide bonds. The normalized spacial score (nSPS) is 11.4. The van der Waals surface area contributed by atoms with Crippen molar-refractivity contribution >= 4 is 18.2 Å². The molecule has 0 fully saturated rings. The van der Waals surface area contributed by atoms with Crippen molar-refractivity contribution in [2.24, 2.45) is 0 Å². The topological polar surface area (TPSA) is 113 Å². The molecule has 2 aromatic carbocycles. The largest absolute Gasteiger partial charge is 0.463 e. The molecule has 0 radical (unpaired) electrons. The molecule has 0 aliphatic rings. The zero-order valence-corrected chi connectivity index (χ0v) is 23.2. The molecule has 0 aliphatic carbocycles. The van der Waals surface area contributed by atoms with Crippen LogP contribution in [0.2, 0.25) is 0 Å². The SMILES string of the molecule is CCN(CC)CCOC(=O)C(C)(c1ccc(OC(=O)NN(C)C)cc1)c1ccc(OC(=O)NN(C)C)cc1. The van der Waals surface area contributed by atoms with E-state index >= 15 is 0 Å². The summed E-state index contributed by atoms with van der Waals surface area (Å²) >= 11 is 0. The summed E-state index contributed by atoms with van der Waals surface area (Å²) in [4.78, 5) is 39.6. The Bertz CT molecular complexity index is 985. The average molecular weight is 530 g/mol. The summed E-state index contributed by atoms with van der Waals surface area (Å²) in [5.41, 5.74) is 5.11. The predicted octanol–water partition coefficient (Wildman–Crippen LogP) is 3.01. The molecule has 0 aliphatic heterocycles. The average Bonchev–Trinajstić information content (AvgIpc) is 2.86. The van der Waals surface area contributed by atoms with Crippen LogP contribution in [0.15, 0.2) is 48.5 Å². The molecule has 0 saturated heterocycles. The number of carbonyl (C=O) groups is 3. The first-order valence-corrected chi connectivity index (χ1v) is 12.4. The number of nitrogens with zero attached hydrogens (tertiary/aromatic N) is 3. The van der Waals surface area contributed by atoms with Gasteiger partial charge in [-0.2, -0.15) is 0 Å². The van der Waals surface area contributed by atoms with Crippen LogP contribution in [0.5, 0.6) is 11.5 Å². The highest BCUT2D eigenvalue weighted by Crippen LogP contribution is 2.35. The summed E-state index contributed by atoms with van der Waals surface area (Å²) < 4.78 is 16.3. The number of nitrogens with one attached hydrogen (secondary N) is 2. The summed E-state index contributed by atoms with van der Waals surface area (Å²) in [6, 6.07) is 13.4. The van der Waals surface area contributed by atoms with Crippen molar-refractivity contribution in [1.82, 2.24) is 25.8 Å². The third-order valence-electron chi connectivity index (χ3n) is 5.86. The Kier molecular flexibility index (Phi) is 11.5. The fourth-order valence-corrected chi connectivity index (χ4v) is 3.69. The first-order valence-electron chi connectivity index (χ1n) is 12.4. The smallest absolute Gasteiger partial charge is 0.427 e. The molecule has 0 unspecified atom stereocenters. The maximum atomic E-state index is 13.5. The second-order valence-electron chi connectivity index (χ2n) is 9.13. The van der Waals surface area contributed by atoms with Crippen molar-refractivity contribution < 1.29 is 28.6 Å². The summed E-state index contributed by atoms with van der Waals surface area (Å²) in [6.07, 6.45) is -1.26. The summed E-state index contributed by atoms with van der Waals surface area (Å²) in [7, 11) is 6.69. The highest BCUT2D eigenvalue weighted by Gasteiger charge is 2.39. The number of ether oxygens (including phenoxy) is 3. The van der Waals surface area contributed by atoms with Gasteiger partial charge in [0.25, 0.3) is 0 Å². The van der Waals surface area contributed by atoms with Crippen LogP contribution < -0.4 is 20.3 Å². The molecule has 11 nitrogen and oxygen atoms in total. The standard InChI is InChI=1S/C27H39N5O6/c1-8-32(9-2)18-19-36-24(33)27(3,20-10-14-22(15-11-20)37-25(34)28-30(4)5)21-12-16-23(17-13-21)38-26(35)29-31(6)7/h10-17H,8-9,18-19H2,1-7H3,(H,28,34)(H,29,35). The quantitative estimate of drug-likeness (QED) is 0.316. The Morgan fingerprint density at radius 3 is 1.47 bits per heavy atom. The summed E-state index contributed by atoms with van der Waals surface area (Å²) in [5.74, 6) is 0.213. The van der Waals surface area contributed by atoms with Gasteiger partial charge in [0.1, 0.15) is 23.5 Å². The molecule has 2 aromatic rings. The third-order valence-corrected chi connectivity index (χ3v) is 5.86. The van der Waals surface area contributed by atoms with Gasteiger partial charge < -0.3 is 19.1 Å². The van der Waals surface area contributed by atoms with Gasteiger partial charge in [0, 0.05) is 34.7 Å². The molecular formula is C27H39N5O6. The Labute approximate surface area is 224 Å². The van der Waals surface area contributed by atoms with E-state index in [4.69, 9.17) is 14.2 Å². The Morgan fingerprint density at radius 2 is 1.13 bits per heavy atom. The number of benzene rings is 2. The van der Waals surface area contributed by atoms with Crippen molar-refractivity contribution in [3.8, 4) is 11.5 Å². The maximum absolute atomic E-state index is 13.5. The third kappa shape index (κ3) is 8.72. The number of esters is 1. The predicted molar refractivity (Wildman–Crippen MR) is 144 cm³/mol. The van der Waals surface area contributed by atoms with E-state index in [1.54, 1.807) is 83.6 Å². The fraction of sp³-hybridized carbons (Fsp3) is 0.444. The second-order valence-corrected chi connectivity index (χ2v) is 9.13. The van der Waals surface area contributed by atoms with E-state index in [0.29, 0.717) is 29.2 Å². The number of likely N-dealkylation sites (N-methyl/N-ethyl adjacent to an activating group) is 1. The van der Waals surface area contributed by atoms with Crippen molar-refractivity contribution in [3.05, 3.63) is 59.7 Å². The molecule has 208 valence electrons. The van der Waals surface area contributed by atoms with E-state index in [1.165, 1.54) is 10.0 Å². The maximum Gasteiger partial charge on any atom is 0.427 e. The van der Waals surface area contributed by atoms with Gasteiger partial charge in [-0.15, -0.1) is 0 Å². The molecule has 0 atom stereocenters. The molecule has 11 heteroatoms. The van der Waals surface area contributed by atoms with E-state index in [2.05, 4.69) is 29.6 Å². The lowest BCUT2D eigenvalue weighted by Gasteiger charge is -2.29. The lowest BCUT2D eigenvalue weighted by molar-refractivity contribution is -0.148. The minimum absolute atomic E-state index is 0.244. The van der Waals surface area contributed by atoms with Gasteiger partial charge in [-0.3, -0.25) is 15.6 Å². The van der Waals surface area contributed by atoms with Gasteiger partial charge in [0.15, 0.2) is 0 Å². The lowest BCUT2D eigenvalue weighted by Crippen LogP contribution is -2.38. The van der Waals surface area contributed by atoms with Crippen molar-refractivity contribution in [2.75, 3.05) is 54.4 Å². The Hall–Kier alpha value is -3.67. The minimum Gasteiger partial charge on any atom is -0.463 e. The number of amides is 2. The van der Waals surface area contributed by atoms with Crippen LogP contribution in [-0.4, -0.2) is 87.5 Å². The van der Waals surface area contributed by atoms with Gasteiger partial charge in [-0.05, 0) is 55.4 Å². The number of rotatable bonds is 12. The second kappa shape index (κ2) is 14.3. The van der Waals surface area contributed by atoms with Crippen LogP contribution in [0.4, 0.5) is 9.59 Å². The van der Waals surface area contributed by atoms with Crippen LogP contribution in [0, 0.1) is 0 Å². The summed E-state index contributed by atoms with van der Waals surface area (Å²) in [6.45, 7) is 8.47. The zero-order chi connectivity index (χ0) is 28.3. The van der Waals surface area contributed by atoms with E-state index < -0.39 is 23.6 Å². The Balaban J connectivity index is 2.32. The Morgan fingerprint density at radius 1 is 0.737 bits per heavy atom. The van der Waals surface area contributed by atoms with E-state index in [0.717, 1.165) is 13.1 Å². The van der Waals surface area contributed by atoms with E-state index in [9.17, 15) is 14.4 Å². The van der Waals surface area contributed by atoms with Crippen LogP contribution >= 0.6 is 0 Å². The lowest BCUT2D eigenvalue weighted by atomic mass is 9.76. The monoisotopic (exact) mass is 529 g/mol. The van der Waals surface area contributed by atoms with Gasteiger partial charge in [0.2, 0.25) is 0 Å². The van der Waals surface area contributed by atoms with Crippen molar-refractivity contribution in [1.29, 1.82) is 0 Å². The van der Waals surface area contributed by atoms with Crippen LogP contribution in [0.3, 0.4) is 0 Å². The molecule has 38 heavy (non-hydrogen) atoms. The van der Waals surface area contributed by atoms with Crippen molar-refractivity contribution in [3.63, 3.8) is 0 Å². The first kappa shape index (κ1) is 30.6. The molecular weight excluding hydrogens is 490 g/mol. The van der Waals surface area contributed by atoms with Gasteiger partial charge in [-0.1, -0.05) is 38.1 Å². The summed E-state index contributed by atoms with van der Waals surface area (Å²) in [5, 5.41) is 2.94. The van der Waals surface area contributed by atoms with Gasteiger partial charge in [0.05, 0.1) is 0 Å². The molecule has 0 heterocycles. The minimum atomic E-state index is -1.18. The molecule has 0 aromatic heterocycles. The van der Waals surface area contributed by atoms with Crippen LogP contribution in [0.1, 0.15) is 31.9 Å². The molecule has 2 N–H and O–H groups in total. The van der Waals surface area contributed by atoms with E-state index in [1.807, 2.05) is 0 Å². The number of hydrazine groups is 2. The van der Waals surface area contributed by atoms with Gasteiger partial charge in [-0.25, -0.2) is 19.6 Å². The number of hydrogen-bond donors (Lipinski definition) is 2. The fourth-order valence-electron chi connectivity index (χ4n) is 3.69. The molecule has 0 saturated carbocycles. The molecule has 0 spiro atoms. The molecule has 2 rings (SSSR count). The highest BCUT2D eigenvalue weighted by atomic mass is 16.6. The van der Waals surface area contributed by atoms with Crippen LogP contribution in [0.25, 0.3) is 0 Å². The highest BCUT2D eigenvalue weighted by molar-refractivity contribution is 5.87. The number of hydrogen-bond acceptors (Lipinski definition) is 9. The van der Waals surface area contributed by atoms with E-state index in [-0.39, 0.29) is 6.61 Å². The van der Waals surface area contributed by atoms with Crippen molar-refractivity contribution in [2.45, 2.75) is 26.2 Å². The first-order chi connectivity index (χ1) is 18.0. The van der Waals surface area contributed by atoms with Gasteiger partial charge >= 0.3 is 18.2 Å². The zero-order valence-electron chi connectivity index (χ0n) is 23.2.